The first-order chi connectivity index (χ1) is 10.1. The zero-order chi connectivity index (χ0) is 15.2. The number of thiophene rings is 1. The second-order valence-corrected chi connectivity index (χ2v) is 6.17. The fourth-order valence-corrected chi connectivity index (χ4v) is 3.26. The van der Waals surface area contributed by atoms with Gasteiger partial charge in [-0.2, -0.15) is 0 Å². The van der Waals surface area contributed by atoms with Crippen molar-refractivity contribution in [2.75, 3.05) is 26.2 Å². The number of nitrogens with zero attached hydrogens (tertiary/aromatic N) is 1. The van der Waals surface area contributed by atoms with Crippen molar-refractivity contribution in [3.63, 3.8) is 0 Å². The van der Waals surface area contributed by atoms with Gasteiger partial charge in [-0.25, -0.2) is 0 Å². The van der Waals surface area contributed by atoms with Crippen molar-refractivity contribution in [1.82, 2.24) is 4.90 Å². The lowest BCUT2D eigenvalue weighted by Crippen LogP contribution is -2.40. The van der Waals surface area contributed by atoms with E-state index in [-0.39, 0.29) is 17.8 Å². The Hall–Kier alpha value is -1.24. The summed E-state index contributed by atoms with van der Waals surface area (Å²) in [6.45, 7) is 4.27. The summed E-state index contributed by atoms with van der Waals surface area (Å²) in [5.74, 6) is 0.0187. The topological polar surface area (TPSA) is 72.6 Å². The normalized spacial score (nSPS) is 16.2. The van der Waals surface area contributed by atoms with Crippen molar-refractivity contribution in [3.05, 3.63) is 21.9 Å². The van der Waals surface area contributed by atoms with Crippen LogP contribution in [0.25, 0.3) is 0 Å². The molecule has 0 atom stereocenters. The number of rotatable bonds is 6. The van der Waals surface area contributed by atoms with Gasteiger partial charge in [-0.1, -0.05) is 0 Å². The van der Waals surface area contributed by atoms with Crippen LogP contribution >= 0.6 is 11.3 Å². The lowest BCUT2D eigenvalue weighted by atomic mass is 10.1. The molecule has 1 fully saturated rings. The van der Waals surface area contributed by atoms with E-state index in [1.54, 1.807) is 11.4 Å². The van der Waals surface area contributed by atoms with Gasteiger partial charge >= 0.3 is 0 Å². The molecule has 0 unspecified atom stereocenters. The predicted molar refractivity (Wildman–Crippen MR) is 82.9 cm³/mol. The van der Waals surface area contributed by atoms with E-state index >= 15 is 0 Å². The maximum atomic E-state index is 12.4. The lowest BCUT2D eigenvalue weighted by molar-refractivity contribution is 0.00858. The highest BCUT2D eigenvalue weighted by atomic mass is 32.1. The molecule has 1 amide bonds. The van der Waals surface area contributed by atoms with Crippen molar-refractivity contribution in [3.8, 4) is 0 Å². The Morgan fingerprint density at radius 1 is 1.43 bits per heavy atom. The quantitative estimate of drug-likeness (QED) is 0.643. The van der Waals surface area contributed by atoms with E-state index in [1.807, 2.05) is 4.90 Å². The van der Waals surface area contributed by atoms with Crippen molar-refractivity contribution < 1.29 is 14.3 Å². The number of Topliss-reactive ketones (excluding diaryl/α,β-unsaturated/α-hetero) is 1. The molecule has 1 aromatic heterocycles. The van der Waals surface area contributed by atoms with Crippen LogP contribution in [0.15, 0.2) is 11.4 Å². The van der Waals surface area contributed by atoms with Crippen molar-refractivity contribution in [1.29, 1.82) is 0 Å². The van der Waals surface area contributed by atoms with E-state index in [4.69, 9.17) is 10.5 Å². The molecular weight excluding hydrogens is 288 g/mol. The molecule has 1 aliphatic heterocycles. The van der Waals surface area contributed by atoms with Crippen LogP contribution in [-0.2, 0) is 4.74 Å². The summed E-state index contributed by atoms with van der Waals surface area (Å²) in [5, 5.41) is 1.75. The Morgan fingerprint density at radius 2 is 2.14 bits per heavy atom. The van der Waals surface area contributed by atoms with Crippen LogP contribution in [0.2, 0.25) is 0 Å². The minimum Gasteiger partial charge on any atom is -0.378 e. The SMILES string of the molecule is CC(=O)c1csc(C(=O)N2CCC(OCCCN)CC2)c1. The van der Waals surface area contributed by atoms with Crippen molar-refractivity contribution in [2.24, 2.45) is 5.73 Å². The molecule has 1 aliphatic rings. The third kappa shape index (κ3) is 4.36. The van der Waals surface area contributed by atoms with Crippen LogP contribution in [-0.4, -0.2) is 48.9 Å². The van der Waals surface area contributed by atoms with Gasteiger partial charge in [0.25, 0.3) is 5.91 Å². The largest absolute Gasteiger partial charge is 0.378 e. The average Bonchev–Trinajstić information content (AvgIpc) is 2.97. The van der Waals surface area contributed by atoms with E-state index in [0.717, 1.165) is 19.3 Å². The molecule has 5 nitrogen and oxygen atoms in total. The third-order valence-electron chi connectivity index (χ3n) is 3.65. The van der Waals surface area contributed by atoms with Gasteiger partial charge < -0.3 is 15.4 Å². The molecule has 2 N–H and O–H groups in total. The smallest absolute Gasteiger partial charge is 0.263 e. The number of likely N-dealkylation sites (tertiary alicyclic amines) is 1. The molecule has 0 bridgehead atoms. The molecule has 1 saturated heterocycles. The molecule has 21 heavy (non-hydrogen) atoms. The van der Waals surface area contributed by atoms with Gasteiger partial charge in [0.1, 0.15) is 0 Å². The minimum atomic E-state index is -0.00249. The van der Waals surface area contributed by atoms with E-state index in [1.165, 1.54) is 18.3 Å². The van der Waals surface area contributed by atoms with Crippen LogP contribution in [0.4, 0.5) is 0 Å². The molecule has 1 aromatic rings. The summed E-state index contributed by atoms with van der Waals surface area (Å²) >= 11 is 1.34. The molecule has 2 rings (SSSR count). The number of piperidine rings is 1. The van der Waals surface area contributed by atoms with Crippen LogP contribution in [0, 0.1) is 0 Å². The number of ketones is 1. The van der Waals surface area contributed by atoms with Crippen molar-refractivity contribution in [2.45, 2.75) is 32.3 Å². The summed E-state index contributed by atoms with van der Waals surface area (Å²) in [6, 6.07) is 1.69. The highest BCUT2D eigenvalue weighted by molar-refractivity contribution is 7.12. The summed E-state index contributed by atoms with van der Waals surface area (Å²) in [7, 11) is 0. The van der Waals surface area contributed by atoms with Gasteiger partial charge in [-0.15, -0.1) is 11.3 Å². The van der Waals surface area contributed by atoms with Gasteiger partial charge in [0, 0.05) is 30.6 Å². The monoisotopic (exact) mass is 310 g/mol. The first kappa shape index (κ1) is 16.1. The molecule has 0 spiro atoms. The van der Waals surface area contributed by atoms with Gasteiger partial charge in [0.15, 0.2) is 5.78 Å². The highest BCUT2D eigenvalue weighted by Crippen LogP contribution is 2.21. The van der Waals surface area contributed by atoms with E-state index < -0.39 is 0 Å². The predicted octanol–water partition coefficient (Wildman–Crippen LogP) is 1.92. The zero-order valence-corrected chi connectivity index (χ0v) is 13.2. The Labute approximate surface area is 129 Å². The molecular formula is C15H22N2O3S. The molecule has 0 aromatic carbocycles. The molecule has 0 saturated carbocycles. The van der Waals surface area contributed by atoms with Gasteiger partial charge in [-0.3, -0.25) is 9.59 Å². The van der Waals surface area contributed by atoms with Crippen LogP contribution in [0.3, 0.4) is 0 Å². The molecule has 0 radical (unpaired) electrons. The van der Waals surface area contributed by atoms with Crippen molar-refractivity contribution >= 4 is 23.0 Å². The van der Waals surface area contributed by atoms with E-state index in [2.05, 4.69) is 0 Å². The van der Waals surface area contributed by atoms with E-state index in [9.17, 15) is 9.59 Å². The number of nitrogens with two attached hydrogens (primary N) is 1. The number of carbonyl (C=O) groups is 2. The average molecular weight is 310 g/mol. The maximum absolute atomic E-state index is 12.4. The molecule has 6 heteroatoms. The van der Waals surface area contributed by atoms with Crippen LogP contribution < -0.4 is 5.73 Å². The molecule has 116 valence electrons. The Bertz CT molecular complexity index is 493. The highest BCUT2D eigenvalue weighted by Gasteiger charge is 2.25. The minimum absolute atomic E-state index is 0.00249. The second kappa shape index (κ2) is 7.68. The number of amides is 1. The Morgan fingerprint density at radius 3 is 2.71 bits per heavy atom. The second-order valence-electron chi connectivity index (χ2n) is 5.26. The first-order valence-electron chi connectivity index (χ1n) is 7.32. The van der Waals surface area contributed by atoms with Gasteiger partial charge in [-0.05, 0) is 38.8 Å². The van der Waals surface area contributed by atoms with E-state index in [0.29, 0.717) is 36.7 Å². The fourth-order valence-electron chi connectivity index (χ4n) is 2.35. The maximum Gasteiger partial charge on any atom is 0.263 e. The van der Waals surface area contributed by atoms with Gasteiger partial charge in [0.05, 0.1) is 11.0 Å². The van der Waals surface area contributed by atoms with Gasteiger partial charge in [0.2, 0.25) is 0 Å². The number of carbonyl (C=O) groups excluding carboxylic acids is 2. The number of hydrogen-bond acceptors (Lipinski definition) is 5. The van der Waals surface area contributed by atoms with Crippen LogP contribution in [0.1, 0.15) is 46.2 Å². The lowest BCUT2D eigenvalue weighted by Gasteiger charge is -2.31. The third-order valence-corrected chi connectivity index (χ3v) is 4.57. The summed E-state index contributed by atoms with van der Waals surface area (Å²) < 4.78 is 5.73. The Balaban J connectivity index is 1.83. The molecule has 2 heterocycles. The number of hydrogen-bond donors (Lipinski definition) is 1. The number of ether oxygens (including phenoxy) is 1. The summed E-state index contributed by atoms with van der Waals surface area (Å²) in [6.07, 6.45) is 2.83. The first-order valence-corrected chi connectivity index (χ1v) is 8.20. The fraction of sp³-hybridized carbons (Fsp3) is 0.600. The molecule has 0 aliphatic carbocycles. The summed E-state index contributed by atoms with van der Waals surface area (Å²) in [5.41, 5.74) is 6.05. The Kier molecular flexibility index (Phi) is 5.90. The zero-order valence-electron chi connectivity index (χ0n) is 12.3. The standard InChI is InChI=1S/C15H22N2O3S/c1-11(18)12-9-14(21-10-12)15(19)17-6-3-13(4-7-17)20-8-2-5-16/h9-10,13H,2-8,16H2,1H3. The summed E-state index contributed by atoms with van der Waals surface area (Å²) in [4.78, 5) is 26.1. The van der Waals surface area contributed by atoms with Crippen LogP contribution in [0.5, 0.6) is 0 Å².